The van der Waals surface area contributed by atoms with Crippen LogP contribution < -0.4 is 0 Å². The molecular weight excluding hydrogens is 328 g/mol. The first-order valence-corrected chi connectivity index (χ1v) is 11.0. The fraction of sp³-hybridized carbons (Fsp3) is 0.857. The second kappa shape index (κ2) is 5.77. The van der Waals surface area contributed by atoms with E-state index in [9.17, 15) is 9.90 Å². The smallest absolute Gasteiger partial charge is 0.158 e. The van der Waals surface area contributed by atoms with Gasteiger partial charge in [-0.1, -0.05) is 25.5 Å². The molecule has 0 saturated heterocycles. The van der Waals surface area contributed by atoms with Crippen LogP contribution in [0.5, 0.6) is 0 Å². The van der Waals surface area contributed by atoms with Gasteiger partial charge in [-0.3, -0.25) is 4.79 Å². The molecular formula is C21H34O3Si. The topological polar surface area (TPSA) is 46.5 Å². The number of rotatable bonds is 2. The summed E-state index contributed by atoms with van der Waals surface area (Å²) in [6, 6.07) is 0. The van der Waals surface area contributed by atoms with E-state index in [-0.39, 0.29) is 16.7 Å². The summed E-state index contributed by atoms with van der Waals surface area (Å²) in [6.07, 6.45) is 10.9. The van der Waals surface area contributed by atoms with E-state index in [0.29, 0.717) is 28.6 Å². The van der Waals surface area contributed by atoms with Gasteiger partial charge < -0.3 is 9.53 Å². The molecule has 1 N–H and O–H groups in total. The molecule has 3 fully saturated rings. The van der Waals surface area contributed by atoms with Gasteiger partial charge in [0.15, 0.2) is 5.79 Å². The van der Waals surface area contributed by atoms with Gasteiger partial charge in [0.25, 0.3) is 0 Å². The molecule has 0 aliphatic heterocycles. The molecule has 0 aromatic carbocycles. The van der Waals surface area contributed by atoms with Gasteiger partial charge in [-0.25, -0.2) is 0 Å². The van der Waals surface area contributed by atoms with Crippen molar-refractivity contribution in [1.29, 1.82) is 0 Å². The maximum absolute atomic E-state index is 12.2. The van der Waals surface area contributed by atoms with E-state index in [0.717, 1.165) is 37.5 Å². The lowest BCUT2D eigenvalue weighted by Crippen LogP contribution is -2.52. The van der Waals surface area contributed by atoms with E-state index in [1.165, 1.54) is 24.8 Å². The van der Waals surface area contributed by atoms with Gasteiger partial charge in [-0.2, -0.15) is 0 Å². The highest BCUT2D eigenvalue weighted by Gasteiger charge is 2.60. The molecule has 0 amide bonds. The summed E-state index contributed by atoms with van der Waals surface area (Å²) in [4.78, 5) is 12.2. The molecule has 7 unspecified atom stereocenters. The molecule has 0 radical (unpaired) electrons. The van der Waals surface area contributed by atoms with Gasteiger partial charge in [0.1, 0.15) is 16.3 Å². The Kier molecular flexibility index (Phi) is 4.14. The molecule has 25 heavy (non-hydrogen) atoms. The molecule has 0 bridgehead atoms. The van der Waals surface area contributed by atoms with E-state index >= 15 is 0 Å². The largest absolute Gasteiger partial charge is 0.401 e. The Bertz CT molecular complexity index is 616. The lowest BCUT2D eigenvalue weighted by molar-refractivity contribution is -0.168. The maximum atomic E-state index is 12.2. The first-order valence-electron chi connectivity index (χ1n) is 10.2. The second-order valence-corrected chi connectivity index (χ2v) is 10.3. The van der Waals surface area contributed by atoms with Gasteiger partial charge in [0.05, 0.1) is 0 Å². The summed E-state index contributed by atoms with van der Waals surface area (Å²) >= 11 is 0. The van der Waals surface area contributed by atoms with E-state index in [1.807, 2.05) is 0 Å². The minimum atomic E-state index is -0.902. The third-order valence-electron chi connectivity index (χ3n) is 9.00. The highest BCUT2D eigenvalue weighted by atomic mass is 28.2. The molecule has 3 saturated carbocycles. The van der Waals surface area contributed by atoms with E-state index in [4.69, 9.17) is 4.43 Å². The Balaban J connectivity index is 1.64. The molecule has 140 valence electrons. The second-order valence-electron chi connectivity index (χ2n) is 9.87. The first-order chi connectivity index (χ1) is 11.7. The predicted molar refractivity (Wildman–Crippen MR) is 102 cm³/mol. The number of aliphatic hydroxyl groups is 1. The third-order valence-corrected chi connectivity index (χ3v) is 9.76. The number of carbonyl (C=O) groups is 1. The summed E-state index contributed by atoms with van der Waals surface area (Å²) in [5.41, 5.74) is 1.90. The van der Waals surface area contributed by atoms with Crippen molar-refractivity contribution >= 4 is 16.3 Å². The number of allylic oxidation sites excluding steroid dienone is 1. The van der Waals surface area contributed by atoms with Crippen LogP contribution >= 0.6 is 0 Å². The maximum Gasteiger partial charge on any atom is 0.158 e. The van der Waals surface area contributed by atoms with Crippen LogP contribution in [-0.4, -0.2) is 27.2 Å². The molecule has 4 heteroatoms. The SMILES string of the molecule is CC(=O)C1CCC2C3CC=C4CC(O)(O[SiH3])CCC4(C)C3CCC12C. The standard InChI is InChI=1S/C21H34O3Si/c1-13(22)16-6-7-17-15-5-4-14-12-21(23,24-25)11-10-19(14,2)18(15)8-9-20(16,17)3/h4,15-18,23H,5-12H2,1-3,25H3. The van der Waals surface area contributed by atoms with Gasteiger partial charge in [0, 0.05) is 18.8 Å². The number of fused-ring (bicyclic) bond motifs is 5. The Morgan fingerprint density at radius 3 is 2.64 bits per heavy atom. The minimum Gasteiger partial charge on any atom is -0.401 e. The van der Waals surface area contributed by atoms with Crippen LogP contribution in [0.2, 0.25) is 0 Å². The number of hydrogen-bond donors (Lipinski definition) is 1. The van der Waals surface area contributed by atoms with Gasteiger partial charge in [-0.05, 0) is 74.0 Å². The van der Waals surface area contributed by atoms with E-state index in [2.05, 4.69) is 19.9 Å². The van der Waals surface area contributed by atoms with Crippen molar-refractivity contribution in [2.24, 2.45) is 34.5 Å². The fourth-order valence-electron chi connectivity index (χ4n) is 7.46. The minimum absolute atomic E-state index is 0.224. The predicted octanol–water partition coefficient (Wildman–Crippen LogP) is 3.14. The Labute approximate surface area is 155 Å². The summed E-state index contributed by atoms with van der Waals surface area (Å²) in [5.74, 6) is 1.93. The van der Waals surface area contributed by atoms with Crippen LogP contribution in [0, 0.1) is 34.5 Å². The Hall–Kier alpha value is -0.453. The van der Waals surface area contributed by atoms with Crippen molar-refractivity contribution in [3.8, 4) is 0 Å². The van der Waals surface area contributed by atoms with Crippen LogP contribution in [0.25, 0.3) is 0 Å². The zero-order chi connectivity index (χ0) is 18.0. The van der Waals surface area contributed by atoms with Crippen LogP contribution in [0.3, 0.4) is 0 Å². The monoisotopic (exact) mass is 362 g/mol. The number of hydrogen-bond acceptors (Lipinski definition) is 3. The van der Waals surface area contributed by atoms with Gasteiger partial charge >= 0.3 is 0 Å². The quantitative estimate of drug-likeness (QED) is 0.466. The zero-order valence-electron chi connectivity index (χ0n) is 16.3. The van der Waals surface area contributed by atoms with E-state index < -0.39 is 5.79 Å². The van der Waals surface area contributed by atoms with Crippen molar-refractivity contribution in [3.05, 3.63) is 11.6 Å². The Morgan fingerprint density at radius 2 is 1.96 bits per heavy atom. The fourth-order valence-corrected chi connectivity index (χ4v) is 7.81. The molecule has 4 aliphatic rings. The van der Waals surface area contributed by atoms with Gasteiger partial charge in [0.2, 0.25) is 0 Å². The number of ketones is 1. The highest BCUT2D eigenvalue weighted by molar-refractivity contribution is 5.98. The molecule has 4 aliphatic carbocycles. The van der Waals surface area contributed by atoms with Crippen molar-refractivity contribution in [2.75, 3.05) is 0 Å². The average Bonchev–Trinajstić information content (AvgIpc) is 2.93. The summed E-state index contributed by atoms with van der Waals surface area (Å²) in [7, 11) is 0.590. The highest BCUT2D eigenvalue weighted by Crippen LogP contribution is 2.66. The molecule has 0 aromatic rings. The zero-order valence-corrected chi connectivity index (χ0v) is 18.3. The molecule has 4 rings (SSSR count). The lowest BCUT2D eigenvalue weighted by atomic mass is 9.47. The number of Topliss-reactive ketones (excluding diaryl/α,β-unsaturated/α-hetero) is 1. The molecule has 0 spiro atoms. The summed E-state index contributed by atoms with van der Waals surface area (Å²) in [6.45, 7) is 6.66. The van der Waals surface area contributed by atoms with E-state index in [1.54, 1.807) is 6.92 Å². The third kappa shape index (κ3) is 2.47. The molecule has 0 heterocycles. The Morgan fingerprint density at radius 1 is 1.20 bits per heavy atom. The lowest BCUT2D eigenvalue weighted by Gasteiger charge is -2.58. The summed E-state index contributed by atoms with van der Waals surface area (Å²) in [5, 5.41) is 10.7. The average molecular weight is 363 g/mol. The molecule has 0 aromatic heterocycles. The van der Waals surface area contributed by atoms with Crippen LogP contribution in [0.4, 0.5) is 0 Å². The molecule has 3 nitrogen and oxygen atoms in total. The van der Waals surface area contributed by atoms with Crippen molar-refractivity contribution in [2.45, 2.75) is 77.9 Å². The van der Waals surface area contributed by atoms with Crippen LogP contribution in [-0.2, 0) is 9.22 Å². The van der Waals surface area contributed by atoms with Crippen molar-refractivity contribution < 1.29 is 14.3 Å². The van der Waals surface area contributed by atoms with Crippen LogP contribution in [0.15, 0.2) is 11.6 Å². The van der Waals surface area contributed by atoms with Crippen molar-refractivity contribution in [3.63, 3.8) is 0 Å². The normalized spacial score (nSPS) is 52.1. The molecule has 7 atom stereocenters. The summed E-state index contributed by atoms with van der Waals surface area (Å²) < 4.78 is 5.55. The van der Waals surface area contributed by atoms with Crippen molar-refractivity contribution in [1.82, 2.24) is 0 Å². The first kappa shape index (κ1) is 17.9. The van der Waals surface area contributed by atoms with Crippen LogP contribution in [0.1, 0.15) is 72.1 Å². The number of carbonyl (C=O) groups excluding carboxylic acids is 1. The van der Waals surface area contributed by atoms with Gasteiger partial charge in [-0.15, -0.1) is 0 Å².